The quantitative estimate of drug-likeness (QED) is 0.444. The zero-order chi connectivity index (χ0) is 7.98. The predicted octanol–water partition coefficient (Wildman–Crippen LogP) is 2.11. The Hall–Kier alpha value is -0.790. The second kappa shape index (κ2) is 5.03. The number of carbonyl (C=O) groups is 1. The van der Waals surface area contributed by atoms with E-state index in [1.165, 1.54) is 6.26 Å². The van der Waals surface area contributed by atoms with Crippen molar-refractivity contribution in [1.29, 1.82) is 0 Å². The lowest BCUT2D eigenvalue weighted by atomic mass is 10.1. The van der Waals surface area contributed by atoms with Crippen LogP contribution in [0.15, 0.2) is 12.8 Å². The molecular weight excluding hydrogens is 128 g/mol. The lowest BCUT2D eigenvalue weighted by molar-refractivity contribution is -0.138. The Bertz CT molecular complexity index is 116. The summed E-state index contributed by atoms with van der Waals surface area (Å²) in [5, 5.41) is 0. The van der Waals surface area contributed by atoms with Gasteiger partial charge in [-0.1, -0.05) is 20.4 Å². The van der Waals surface area contributed by atoms with Gasteiger partial charge >= 0.3 is 5.97 Å². The number of hydrogen-bond donors (Lipinski definition) is 0. The molecule has 0 rings (SSSR count). The topological polar surface area (TPSA) is 26.3 Å². The molecule has 0 heterocycles. The Morgan fingerprint density at radius 2 is 2.30 bits per heavy atom. The zero-order valence-corrected chi connectivity index (χ0v) is 6.59. The fraction of sp³-hybridized carbons (Fsp3) is 0.625. The van der Waals surface area contributed by atoms with Crippen LogP contribution in [0, 0.1) is 5.92 Å². The molecule has 0 unspecified atom stereocenters. The predicted molar refractivity (Wildman–Crippen MR) is 40.4 cm³/mol. The first-order chi connectivity index (χ1) is 4.66. The van der Waals surface area contributed by atoms with Crippen LogP contribution in [0.25, 0.3) is 0 Å². The molecular formula is C8H14O2. The molecule has 0 spiro atoms. The minimum absolute atomic E-state index is 0.191. The van der Waals surface area contributed by atoms with Crippen molar-refractivity contribution in [3.8, 4) is 0 Å². The van der Waals surface area contributed by atoms with Crippen molar-refractivity contribution < 1.29 is 9.53 Å². The minimum Gasteiger partial charge on any atom is -0.435 e. The van der Waals surface area contributed by atoms with E-state index in [1.54, 1.807) is 0 Å². The average Bonchev–Trinajstić information content (AvgIpc) is 1.85. The third kappa shape index (κ3) is 5.35. The third-order valence-electron chi connectivity index (χ3n) is 1.14. The highest BCUT2D eigenvalue weighted by Gasteiger charge is 2.01. The third-order valence-corrected chi connectivity index (χ3v) is 1.14. The largest absolute Gasteiger partial charge is 0.435 e. The summed E-state index contributed by atoms with van der Waals surface area (Å²) in [6.07, 6.45) is 2.54. The van der Waals surface area contributed by atoms with Crippen molar-refractivity contribution in [2.45, 2.75) is 26.7 Å². The maximum absolute atomic E-state index is 10.7. The molecule has 10 heavy (non-hydrogen) atoms. The van der Waals surface area contributed by atoms with Crippen LogP contribution in [0.1, 0.15) is 26.7 Å². The molecule has 0 saturated carbocycles. The summed E-state index contributed by atoms with van der Waals surface area (Å²) in [6, 6.07) is 0. The van der Waals surface area contributed by atoms with Crippen molar-refractivity contribution in [3.63, 3.8) is 0 Å². The summed E-state index contributed by atoms with van der Waals surface area (Å²) in [5.41, 5.74) is 0. The van der Waals surface area contributed by atoms with Gasteiger partial charge in [0.2, 0.25) is 0 Å². The van der Waals surface area contributed by atoms with E-state index in [0.717, 1.165) is 6.42 Å². The van der Waals surface area contributed by atoms with Gasteiger partial charge in [-0.05, 0) is 12.3 Å². The van der Waals surface area contributed by atoms with Gasteiger partial charge in [0.15, 0.2) is 0 Å². The van der Waals surface area contributed by atoms with Gasteiger partial charge < -0.3 is 4.74 Å². The Morgan fingerprint density at radius 3 is 2.70 bits per heavy atom. The van der Waals surface area contributed by atoms with Crippen molar-refractivity contribution in [2.75, 3.05) is 0 Å². The molecule has 2 heteroatoms. The molecule has 0 N–H and O–H groups in total. The monoisotopic (exact) mass is 142 g/mol. The molecule has 0 saturated heterocycles. The first-order valence-electron chi connectivity index (χ1n) is 3.47. The van der Waals surface area contributed by atoms with Crippen molar-refractivity contribution in [3.05, 3.63) is 12.8 Å². The highest BCUT2D eigenvalue weighted by atomic mass is 16.5. The van der Waals surface area contributed by atoms with E-state index in [0.29, 0.717) is 12.3 Å². The van der Waals surface area contributed by atoms with Gasteiger partial charge in [-0.3, -0.25) is 4.79 Å². The molecule has 0 amide bonds. The van der Waals surface area contributed by atoms with Crippen LogP contribution in [-0.4, -0.2) is 5.97 Å². The van der Waals surface area contributed by atoms with Crippen LogP contribution < -0.4 is 0 Å². The Morgan fingerprint density at radius 1 is 1.70 bits per heavy atom. The standard InChI is InChI=1S/C8H14O2/c1-4-10-8(9)6-5-7(2)3/h4,7H,1,5-6H2,2-3H3. The highest BCUT2D eigenvalue weighted by molar-refractivity contribution is 5.69. The number of esters is 1. The van der Waals surface area contributed by atoms with E-state index in [1.807, 2.05) is 0 Å². The Balaban J connectivity index is 3.30. The molecule has 0 aliphatic rings. The summed E-state index contributed by atoms with van der Waals surface area (Å²) in [5.74, 6) is 0.362. The lowest BCUT2D eigenvalue weighted by Crippen LogP contribution is -2.00. The highest BCUT2D eigenvalue weighted by Crippen LogP contribution is 2.03. The average molecular weight is 142 g/mol. The Labute approximate surface area is 61.9 Å². The molecule has 0 aliphatic carbocycles. The van der Waals surface area contributed by atoms with Crippen molar-refractivity contribution in [2.24, 2.45) is 5.92 Å². The van der Waals surface area contributed by atoms with Crippen molar-refractivity contribution >= 4 is 5.97 Å². The fourth-order valence-electron chi connectivity index (χ4n) is 0.558. The van der Waals surface area contributed by atoms with E-state index in [2.05, 4.69) is 25.2 Å². The normalized spacial score (nSPS) is 9.50. The molecule has 2 nitrogen and oxygen atoms in total. The van der Waals surface area contributed by atoms with E-state index in [9.17, 15) is 4.79 Å². The summed E-state index contributed by atoms with van der Waals surface area (Å²) in [6.45, 7) is 7.43. The summed E-state index contributed by atoms with van der Waals surface area (Å²) in [7, 11) is 0. The van der Waals surface area contributed by atoms with Gasteiger partial charge in [-0.25, -0.2) is 0 Å². The van der Waals surface area contributed by atoms with E-state index in [4.69, 9.17) is 0 Å². The smallest absolute Gasteiger partial charge is 0.310 e. The molecule has 0 aromatic heterocycles. The molecule has 0 atom stereocenters. The van der Waals surface area contributed by atoms with E-state index < -0.39 is 0 Å². The second-order valence-electron chi connectivity index (χ2n) is 2.59. The van der Waals surface area contributed by atoms with Gasteiger partial charge in [-0.15, -0.1) is 0 Å². The zero-order valence-electron chi connectivity index (χ0n) is 6.59. The van der Waals surface area contributed by atoms with Crippen LogP contribution in [0.4, 0.5) is 0 Å². The van der Waals surface area contributed by atoms with Crippen LogP contribution in [0.5, 0.6) is 0 Å². The van der Waals surface area contributed by atoms with Gasteiger partial charge in [0.25, 0.3) is 0 Å². The molecule has 0 aromatic carbocycles. The molecule has 0 aliphatic heterocycles. The molecule has 0 radical (unpaired) electrons. The van der Waals surface area contributed by atoms with Crippen LogP contribution in [0.3, 0.4) is 0 Å². The van der Waals surface area contributed by atoms with Gasteiger partial charge in [0.1, 0.15) is 0 Å². The second-order valence-corrected chi connectivity index (χ2v) is 2.59. The number of rotatable bonds is 4. The first kappa shape index (κ1) is 9.21. The first-order valence-corrected chi connectivity index (χ1v) is 3.47. The van der Waals surface area contributed by atoms with Crippen LogP contribution in [-0.2, 0) is 9.53 Å². The van der Waals surface area contributed by atoms with Gasteiger partial charge in [0, 0.05) is 6.42 Å². The van der Waals surface area contributed by atoms with Crippen LogP contribution in [0.2, 0.25) is 0 Å². The molecule has 58 valence electrons. The minimum atomic E-state index is -0.191. The SMILES string of the molecule is C=COC(=O)CCC(C)C. The molecule has 0 aromatic rings. The summed E-state index contributed by atoms with van der Waals surface area (Å²) >= 11 is 0. The summed E-state index contributed by atoms with van der Waals surface area (Å²) < 4.78 is 4.52. The van der Waals surface area contributed by atoms with Gasteiger partial charge in [-0.2, -0.15) is 0 Å². The lowest BCUT2D eigenvalue weighted by Gasteiger charge is -2.01. The van der Waals surface area contributed by atoms with E-state index in [-0.39, 0.29) is 5.97 Å². The number of hydrogen-bond acceptors (Lipinski definition) is 2. The van der Waals surface area contributed by atoms with Gasteiger partial charge in [0.05, 0.1) is 6.26 Å². The maximum atomic E-state index is 10.7. The van der Waals surface area contributed by atoms with Crippen LogP contribution >= 0.6 is 0 Å². The maximum Gasteiger partial charge on any atom is 0.310 e. The number of ether oxygens (including phenoxy) is 1. The molecule has 0 bridgehead atoms. The van der Waals surface area contributed by atoms with Crippen molar-refractivity contribution in [1.82, 2.24) is 0 Å². The van der Waals surface area contributed by atoms with E-state index >= 15 is 0 Å². The molecule has 0 fully saturated rings. The fourth-order valence-corrected chi connectivity index (χ4v) is 0.558. The Kier molecular flexibility index (Phi) is 4.63. The number of carbonyl (C=O) groups excluding carboxylic acids is 1. The summed E-state index contributed by atoms with van der Waals surface area (Å²) in [4.78, 5) is 10.7.